The Kier molecular flexibility index (Phi) is 6.44. The smallest absolute Gasteiger partial charge is 0.223 e. The van der Waals surface area contributed by atoms with Crippen molar-refractivity contribution in [1.82, 2.24) is 10.2 Å². The van der Waals surface area contributed by atoms with E-state index in [-0.39, 0.29) is 5.92 Å². The van der Waals surface area contributed by atoms with Crippen molar-refractivity contribution in [2.45, 2.75) is 58.4 Å². The lowest BCUT2D eigenvalue weighted by Crippen LogP contribution is -2.46. The Hall–Kier alpha value is -1.35. The van der Waals surface area contributed by atoms with Gasteiger partial charge in [0, 0.05) is 19.0 Å². The van der Waals surface area contributed by atoms with Crippen LogP contribution >= 0.6 is 0 Å². The molecule has 1 aliphatic rings. The zero-order valence-corrected chi connectivity index (χ0v) is 14.3. The minimum Gasteiger partial charge on any atom is -0.340 e. The van der Waals surface area contributed by atoms with Gasteiger partial charge in [0.05, 0.1) is 0 Å². The fourth-order valence-corrected chi connectivity index (χ4v) is 3.50. The zero-order chi connectivity index (χ0) is 15.9. The predicted molar refractivity (Wildman–Crippen MR) is 92.1 cm³/mol. The van der Waals surface area contributed by atoms with E-state index in [2.05, 4.69) is 55.3 Å². The molecule has 22 heavy (non-hydrogen) atoms. The molecule has 1 amide bonds. The number of rotatable bonds is 6. The number of amides is 1. The van der Waals surface area contributed by atoms with Crippen LogP contribution in [-0.4, -0.2) is 36.5 Å². The molecule has 1 N–H and O–H groups in total. The standard InChI is InChI=1S/C19H30N2O/c1-4-13-21(17-9-11-20-12-10-17)19(22)14-16(3)18-8-6-5-7-15(18)2/h5-8,16-17,20H,4,9-14H2,1-3H3. The summed E-state index contributed by atoms with van der Waals surface area (Å²) in [7, 11) is 0. The maximum atomic E-state index is 12.8. The van der Waals surface area contributed by atoms with Crippen molar-refractivity contribution >= 4 is 5.91 Å². The van der Waals surface area contributed by atoms with Gasteiger partial charge >= 0.3 is 0 Å². The summed E-state index contributed by atoms with van der Waals surface area (Å²) in [5.41, 5.74) is 2.59. The molecule has 0 radical (unpaired) electrons. The largest absolute Gasteiger partial charge is 0.340 e. The summed E-state index contributed by atoms with van der Waals surface area (Å²) in [6, 6.07) is 8.85. The third-order valence-electron chi connectivity index (χ3n) is 4.73. The van der Waals surface area contributed by atoms with Crippen LogP contribution < -0.4 is 5.32 Å². The molecule has 1 aliphatic heterocycles. The normalized spacial score (nSPS) is 17.2. The number of nitrogens with zero attached hydrogens (tertiary/aromatic N) is 1. The van der Waals surface area contributed by atoms with Crippen molar-refractivity contribution in [1.29, 1.82) is 0 Å². The highest BCUT2D eigenvalue weighted by Gasteiger charge is 2.26. The van der Waals surface area contributed by atoms with E-state index >= 15 is 0 Å². The van der Waals surface area contributed by atoms with E-state index in [9.17, 15) is 4.79 Å². The summed E-state index contributed by atoms with van der Waals surface area (Å²) < 4.78 is 0. The number of aryl methyl sites for hydroxylation is 1. The molecule has 0 bridgehead atoms. The molecule has 1 aromatic rings. The molecule has 0 aromatic heterocycles. The predicted octanol–water partition coefficient (Wildman–Crippen LogP) is 3.48. The van der Waals surface area contributed by atoms with Crippen molar-refractivity contribution in [2.24, 2.45) is 0 Å². The molecule has 3 nitrogen and oxygen atoms in total. The van der Waals surface area contributed by atoms with Crippen LogP contribution in [0.3, 0.4) is 0 Å². The van der Waals surface area contributed by atoms with Crippen LogP contribution in [0.5, 0.6) is 0 Å². The van der Waals surface area contributed by atoms with E-state index in [1.807, 2.05) is 0 Å². The zero-order valence-electron chi connectivity index (χ0n) is 14.3. The van der Waals surface area contributed by atoms with Gasteiger partial charge in [0.15, 0.2) is 0 Å². The van der Waals surface area contributed by atoms with E-state index in [1.54, 1.807) is 0 Å². The Balaban J connectivity index is 2.02. The molecular weight excluding hydrogens is 272 g/mol. The Morgan fingerprint density at radius 3 is 2.64 bits per heavy atom. The van der Waals surface area contributed by atoms with Crippen LogP contribution in [0.25, 0.3) is 0 Å². The molecule has 0 spiro atoms. The lowest BCUT2D eigenvalue weighted by Gasteiger charge is -2.35. The fraction of sp³-hybridized carbons (Fsp3) is 0.632. The molecule has 1 saturated heterocycles. The SMILES string of the molecule is CCCN(C(=O)CC(C)c1ccccc1C)C1CCNCC1. The van der Waals surface area contributed by atoms with E-state index in [4.69, 9.17) is 0 Å². The summed E-state index contributed by atoms with van der Waals surface area (Å²) in [4.78, 5) is 15.0. The van der Waals surface area contributed by atoms with Crippen molar-refractivity contribution in [3.05, 3.63) is 35.4 Å². The molecule has 0 saturated carbocycles. The second-order valence-electron chi connectivity index (χ2n) is 6.53. The van der Waals surface area contributed by atoms with Crippen LogP contribution in [0.4, 0.5) is 0 Å². The molecule has 3 heteroatoms. The van der Waals surface area contributed by atoms with Crippen molar-refractivity contribution in [3.63, 3.8) is 0 Å². The number of carbonyl (C=O) groups is 1. The Labute approximate surface area is 135 Å². The monoisotopic (exact) mass is 302 g/mol. The molecule has 1 fully saturated rings. The lowest BCUT2D eigenvalue weighted by molar-refractivity contribution is -0.134. The first-order valence-electron chi connectivity index (χ1n) is 8.69. The van der Waals surface area contributed by atoms with Crippen LogP contribution in [0.1, 0.15) is 56.6 Å². The second kappa shape index (κ2) is 8.33. The van der Waals surface area contributed by atoms with Gasteiger partial charge in [-0.2, -0.15) is 0 Å². The maximum absolute atomic E-state index is 12.8. The Morgan fingerprint density at radius 1 is 1.32 bits per heavy atom. The highest BCUT2D eigenvalue weighted by Crippen LogP contribution is 2.24. The van der Waals surface area contributed by atoms with Crippen LogP contribution in [0.2, 0.25) is 0 Å². The molecule has 122 valence electrons. The van der Waals surface area contributed by atoms with Gasteiger partial charge in [0.1, 0.15) is 0 Å². The molecule has 1 heterocycles. The van der Waals surface area contributed by atoms with Gasteiger partial charge in [0.2, 0.25) is 5.91 Å². The van der Waals surface area contributed by atoms with Gasteiger partial charge in [-0.25, -0.2) is 0 Å². The van der Waals surface area contributed by atoms with Gasteiger partial charge in [-0.3, -0.25) is 4.79 Å². The molecule has 2 rings (SSSR count). The average molecular weight is 302 g/mol. The average Bonchev–Trinajstić information content (AvgIpc) is 2.53. The van der Waals surface area contributed by atoms with Crippen molar-refractivity contribution in [2.75, 3.05) is 19.6 Å². The first kappa shape index (κ1) is 17.0. The van der Waals surface area contributed by atoms with Gasteiger partial charge in [-0.1, -0.05) is 38.1 Å². The molecule has 0 aliphatic carbocycles. The minimum atomic E-state index is 0.287. The maximum Gasteiger partial charge on any atom is 0.223 e. The van der Waals surface area contributed by atoms with Gasteiger partial charge in [-0.05, 0) is 56.3 Å². The minimum absolute atomic E-state index is 0.287. The Bertz CT molecular complexity index is 480. The number of piperidine rings is 1. The molecule has 1 unspecified atom stereocenters. The highest BCUT2D eigenvalue weighted by molar-refractivity contribution is 5.77. The third-order valence-corrected chi connectivity index (χ3v) is 4.73. The first-order valence-corrected chi connectivity index (χ1v) is 8.69. The van der Waals surface area contributed by atoms with Crippen LogP contribution in [0.15, 0.2) is 24.3 Å². The van der Waals surface area contributed by atoms with Crippen LogP contribution in [-0.2, 0) is 4.79 Å². The quantitative estimate of drug-likeness (QED) is 0.872. The number of benzene rings is 1. The third kappa shape index (κ3) is 4.33. The molecule has 1 aromatic carbocycles. The highest BCUT2D eigenvalue weighted by atomic mass is 16.2. The number of hydrogen-bond donors (Lipinski definition) is 1. The number of carbonyl (C=O) groups excluding carboxylic acids is 1. The summed E-state index contributed by atoms with van der Waals surface area (Å²) in [5.74, 6) is 0.610. The van der Waals surface area contributed by atoms with Gasteiger partial charge in [0.25, 0.3) is 0 Å². The van der Waals surface area contributed by atoms with Crippen molar-refractivity contribution in [3.8, 4) is 0 Å². The number of nitrogens with one attached hydrogen (secondary N) is 1. The molecule has 1 atom stereocenters. The first-order chi connectivity index (χ1) is 10.6. The Morgan fingerprint density at radius 2 is 2.00 bits per heavy atom. The van der Waals surface area contributed by atoms with E-state index in [1.165, 1.54) is 11.1 Å². The van der Waals surface area contributed by atoms with E-state index in [0.717, 1.165) is 38.9 Å². The van der Waals surface area contributed by atoms with Crippen LogP contribution in [0, 0.1) is 6.92 Å². The van der Waals surface area contributed by atoms with E-state index in [0.29, 0.717) is 18.4 Å². The van der Waals surface area contributed by atoms with Gasteiger partial charge < -0.3 is 10.2 Å². The summed E-state index contributed by atoms with van der Waals surface area (Å²) in [6.07, 6.45) is 3.83. The van der Waals surface area contributed by atoms with Gasteiger partial charge in [-0.15, -0.1) is 0 Å². The van der Waals surface area contributed by atoms with Crippen molar-refractivity contribution < 1.29 is 4.79 Å². The summed E-state index contributed by atoms with van der Waals surface area (Å²) >= 11 is 0. The summed E-state index contributed by atoms with van der Waals surface area (Å²) in [5, 5.41) is 3.39. The second-order valence-corrected chi connectivity index (χ2v) is 6.53. The summed E-state index contributed by atoms with van der Waals surface area (Å²) in [6.45, 7) is 9.42. The fourth-order valence-electron chi connectivity index (χ4n) is 3.50. The van der Waals surface area contributed by atoms with E-state index < -0.39 is 0 Å². The molecular formula is C19H30N2O. The number of hydrogen-bond acceptors (Lipinski definition) is 2. The topological polar surface area (TPSA) is 32.3 Å². The lowest BCUT2D eigenvalue weighted by atomic mass is 9.92.